The number of nitrogens with one attached hydrogen (secondary N) is 2. The van der Waals surface area contributed by atoms with E-state index in [2.05, 4.69) is 15.8 Å². The van der Waals surface area contributed by atoms with E-state index in [1.807, 2.05) is 47.4 Å². The minimum absolute atomic E-state index is 0.0151. The number of nitrogens with zero attached hydrogens (tertiary/aromatic N) is 2. The van der Waals surface area contributed by atoms with Crippen molar-refractivity contribution in [1.82, 2.24) is 20.7 Å². The van der Waals surface area contributed by atoms with Gasteiger partial charge < -0.3 is 24.8 Å². The van der Waals surface area contributed by atoms with E-state index in [4.69, 9.17) is 32.5 Å². The van der Waals surface area contributed by atoms with Gasteiger partial charge in [0.2, 0.25) is 11.8 Å². The molecule has 2 N–H and O–H groups in total. The van der Waals surface area contributed by atoms with Crippen LogP contribution in [0.1, 0.15) is 54.1 Å². The zero-order chi connectivity index (χ0) is 33.8. The molecule has 1 aliphatic heterocycles. The second kappa shape index (κ2) is 15.1. The summed E-state index contributed by atoms with van der Waals surface area (Å²) in [5, 5.41) is 10.1. The Bertz CT molecular complexity index is 1780. The number of halogens is 4. The zero-order valence-corrected chi connectivity index (χ0v) is 27.9. The Morgan fingerprint density at radius 2 is 1.81 bits per heavy atom. The molecule has 2 fully saturated rings. The second-order valence-electron chi connectivity index (χ2n) is 12.3. The summed E-state index contributed by atoms with van der Waals surface area (Å²) in [6.45, 7) is 1.82. The highest BCUT2D eigenvalue weighted by atomic mass is 35.5. The molecule has 2 amide bonds. The molecule has 2 aliphatic rings. The zero-order valence-electron chi connectivity index (χ0n) is 26.4. The van der Waals surface area contributed by atoms with Crippen molar-refractivity contribution in [2.24, 2.45) is 5.92 Å². The van der Waals surface area contributed by atoms with Crippen molar-refractivity contribution in [1.29, 1.82) is 0 Å². The molecule has 0 unspecified atom stereocenters. The summed E-state index contributed by atoms with van der Waals surface area (Å²) in [5.74, 6) is -0.708. The van der Waals surface area contributed by atoms with Gasteiger partial charge in [0, 0.05) is 43.7 Å². The third kappa shape index (κ3) is 7.83. The maximum absolute atomic E-state index is 14.3. The first-order chi connectivity index (χ1) is 23.2. The lowest BCUT2D eigenvalue weighted by atomic mass is 9.80. The van der Waals surface area contributed by atoms with Gasteiger partial charge in [-0.2, -0.15) is 0 Å². The number of benzene rings is 3. The summed E-state index contributed by atoms with van der Waals surface area (Å²) < 4.78 is 39.4. The third-order valence-corrected chi connectivity index (χ3v) is 9.73. The number of carbonyl (C=O) groups is 2. The van der Waals surface area contributed by atoms with Gasteiger partial charge in [-0.05, 0) is 85.2 Å². The monoisotopic (exact) mass is 696 g/mol. The van der Waals surface area contributed by atoms with Crippen molar-refractivity contribution in [3.05, 3.63) is 105 Å². The molecule has 1 saturated heterocycles. The first-order valence-corrected chi connectivity index (χ1v) is 16.8. The van der Waals surface area contributed by atoms with Gasteiger partial charge in [-0.15, -0.1) is 0 Å². The molecule has 8 nitrogen and oxygen atoms in total. The molecule has 3 aromatic carbocycles. The number of aryl methyl sites for hydroxylation is 1. The third-order valence-electron chi connectivity index (χ3n) is 8.99. The summed E-state index contributed by atoms with van der Waals surface area (Å²) >= 11 is 12.6. The molecule has 1 aromatic heterocycles. The molecule has 1 aliphatic carbocycles. The van der Waals surface area contributed by atoms with E-state index in [0.717, 1.165) is 54.6 Å². The number of amides is 2. The fourth-order valence-corrected chi connectivity index (χ4v) is 6.63. The first kappa shape index (κ1) is 33.9. The van der Waals surface area contributed by atoms with Gasteiger partial charge in [0.1, 0.15) is 29.7 Å². The van der Waals surface area contributed by atoms with Crippen molar-refractivity contribution in [2.75, 3.05) is 20.1 Å². The van der Waals surface area contributed by atoms with Crippen LogP contribution in [0.5, 0.6) is 5.75 Å². The van der Waals surface area contributed by atoms with Gasteiger partial charge in [-0.25, -0.2) is 8.78 Å². The van der Waals surface area contributed by atoms with E-state index in [9.17, 15) is 18.4 Å². The minimum atomic E-state index is -0.753. The van der Waals surface area contributed by atoms with Crippen LogP contribution in [-0.2, 0) is 29.2 Å². The summed E-state index contributed by atoms with van der Waals surface area (Å²) in [6, 6.07) is 17.0. The van der Waals surface area contributed by atoms with Crippen LogP contribution < -0.4 is 15.4 Å². The average molecular weight is 698 g/mol. The van der Waals surface area contributed by atoms with Crippen molar-refractivity contribution < 1.29 is 27.6 Å². The average Bonchev–Trinajstić information content (AvgIpc) is 3.85. The van der Waals surface area contributed by atoms with Crippen LogP contribution in [0, 0.1) is 17.6 Å². The number of hydrogen-bond donors (Lipinski definition) is 2. The largest absolute Gasteiger partial charge is 0.486 e. The van der Waals surface area contributed by atoms with E-state index in [1.165, 1.54) is 6.07 Å². The topological polar surface area (TPSA) is 96.7 Å². The van der Waals surface area contributed by atoms with Gasteiger partial charge in [-0.1, -0.05) is 52.6 Å². The molecule has 48 heavy (non-hydrogen) atoms. The van der Waals surface area contributed by atoms with E-state index < -0.39 is 11.6 Å². The fraction of sp³-hybridized carbons (Fsp3) is 0.361. The normalized spacial score (nSPS) is 17.6. The smallest absolute Gasteiger partial charge is 0.228 e. The van der Waals surface area contributed by atoms with Crippen LogP contribution in [-0.4, -0.2) is 48.0 Å². The Morgan fingerprint density at radius 1 is 1.04 bits per heavy atom. The number of rotatable bonds is 12. The molecular weight excluding hydrogens is 661 g/mol. The van der Waals surface area contributed by atoms with Crippen LogP contribution in [0.3, 0.4) is 0 Å². The Balaban J connectivity index is 1.12. The Hall–Kier alpha value is -3.99. The van der Waals surface area contributed by atoms with E-state index >= 15 is 0 Å². The SMILES string of the molecule is CNC(=O)CCc1ccc(Cl)c(CN(C(=O)[C@H]2CNCC[C@@H]2c2ccc(OCc3cc(-c4c(F)ccc(F)c4Cl)no3)cc2)C2CC2)c1. The van der Waals surface area contributed by atoms with E-state index in [-0.39, 0.29) is 52.6 Å². The molecule has 6 rings (SSSR count). The summed E-state index contributed by atoms with van der Waals surface area (Å²) in [5.41, 5.74) is 2.84. The van der Waals surface area contributed by atoms with E-state index in [0.29, 0.717) is 42.5 Å². The molecule has 12 heteroatoms. The van der Waals surface area contributed by atoms with Crippen molar-refractivity contribution in [3.8, 4) is 17.0 Å². The van der Waals surface area contributed by atoms with Crippen molar-refractivity contribution in [3.63, 3.8) is 0 Å². The number of carbonyl (C=O) groups excluding carboxylic acids is 2. The molecule has 1 saturated carbocycles. The van der Waals surface area contributed by atoms with Gasteiger partial charge in [0.25, 0.3) is 0 Å². The van der Waals surface area contributed by atoms with Crippen LogP contribution in [0.15, 0.2) is 65.2 Å². The molecule has 0 radical (unpaired) electrons. The number of aromatic nitrogens is 1. The van der Waals surface area contributed by atoms with Gasteiger partial charge in [0.15, 0.2) is 5.76 Å². The summed E-state index contributed by atoms with van der Waals surface area (Å²) in [7, 11) is 1.62. The quantitative estimate of drug-likeness (QED) is 0.154. The number of ether oxygens (including phenoxy) is 1. The summed E-state index contributed by atoms with van der Waals surface area (Å²) in [6.07, 6.45) is 3.72. The molecule has 2 heterocycles. The number of hydrogen-bond acceptors (Lipinski definition) is 6. The van der Waals surface area contributed by atoms with Crippen LogP contribution >= 0.6 is 23.2 Å². The van der Waals surface area contributed by atoms with Crippen molar-refractivity contribution >= 4 is 35.0 Å². The Labute approximate surface area is 287 Å². The Morgan fingerprint density at radius 3 is 2.56 bits per heavy atom. The Kier molecular flexibility index (Phi) is 10.6. The molecule has 0 spiro atoms. The lowest BCUT2D eigenvalue weighted by Gasteiger charge is -2.36. The molecular formula is C36H36Cl2F2N4O4. The van der Waals surface area contributed by atoms with Crippen molar-refractivity contribution in [2.45, 2.75) is 57.2 Å². The molecule has 4 aromatic rings. The summed E-state index contributed by atoms with van der Waals surface area (Å²) in [4.78, 5) is 28.0. The minimum Gasteiger partial charge on any atom is -0.486 e. The lowest BCUT2D eigenvalue weighted by molar-refractivity contribution is -0.138. The maximum atomic E-state index is 14.3. The number of piperidine rings is 1. The van der Waals surface area contributed by atoms with E-state index in [1.54, 1.807) is 7.05 Å². The maximum Gasteiger partial charge on any atom is 0.228 e. The van der Waals surface area contributed by atoms with Gasteiger partial charge in [-0.3, -0.25) is 9.59 Å². The predicted molar refractivity (Wildman–Crippen MR) is 179 cm³/mol. The fourth-order valence-electron chi connectivity index (χ4n) is 6.20. The highest BCUT2D eigenvalue weighted by Gasteiger charge is 2.40. The molecule has 252 valence electrons. The van der Waals surface area contributed by atoms with Gasteiger partial charge >= 0.3 is 0 Å². The van der Waals surface area contributed by atoms with Crippen LogP contribution in [0.2, 0.25) is 10.0 Å². The molecule has 2 atom stereocenters. The lowest BCUT2D eigenvalue weighted by Crippen LogP contribution is -2.47. The van der Waals surface area contributed by atoms with Crippen LogP contribution in [0.4, 0.5) is 8.78 Å². The second-order valence-corrected chi connectivity index (χ2v) is 13.0. The predicted octanol–water partition coefficient (Wildman–Crippen LogP) is 7.07. The standard InChI is InChI=1S/C36H36Cl2F2N4O4/c1-41-33(45)13-3-21-2-10-29(37)23(16-21)19-44(24-6-7-24)36(46)28-18-42-15-14-27(28)22-4-8-25(9-5-22)47-20-26-17-32(43-48-26)34-30(39)11-12-31(40)35(34)38/h2,4-5,8-12,16-17,24,27-28,42H,3,6-7,13-15,18-20H2,1H3,(H,41,45)/t27-,28+/m1/s1. The highest BCUT2D eigenvalue weighted by Crippen LogP contribution is 2.38. The molecule has 0 bridgehead atoms. The van der Waals surface area contributed by atoms with Crippen LogP contribution in [0.25, 0.3) is 11.3 Å². The first-order valence-electron chi connectivity index (χ1n) is 16.0. The van der Waals surface area contributed by atoms with Gasteiger partial charge in [0.05, 0.1) is 16.5 Å². The highest BCUT2D eigenvalue weighted by molar-refractivity contribution is 6.33.